The van der Waals surface area contributed by atoms with Crippen molar-refractivity contribution in [3.05, 3.63) is 35.9 Å². The second kappa shape index (κ2) is 7.73. The molecule has 1 aliphatic rings. The highest BCUT2D eigenvalue weighted by Gasteiger charge is 2.48. The summed E-state index contributed by atoms with van der Waals surface area (Å²) in [4.78, 5) is 24.8. The molecule has 1 unspecified atom stereocenters. The Balaban J connectivity index is 2.20. The highest BCUT2D eigenvalue weighted by molar-refractivity contribution is 7.46. The third-order valence-electron chi connectivity index (χ3n) is 3.90. The lowest BCUT2D eigenvalue weighted by Gasteiger charge is -2.39. The average Bonchev–Trinajstić information content (AvgIpc) is 2.57. The van der Waals surface area contributed by atoms with Gasteiger partial charge in [-0.05, 0) is 37.9 Å². The van der Waals surface area contributed by atoms with Gasteiger partial charge >= 0.3 is 0 Å². The predicted octanol–water partition coefficient (Wildman–Crippen LogP) is 1.08. The molecular formula is C15H23N4O3P. The van der Waals surface area contributed by atoms with Gasteiger partial charge in [-0.3, -0.25) is 19.9 Å². The number of nitrogens with one attached hydrogen (secondary N) is 2. The summed E-state index contributed by atoms with van der Waals surface area (Å²) in [6.45, 7) is 2.90. The molecule has 0 saturated carbocycles. The smallest absolute Gasteiger partial charge is 0.265 e. The van der Waals surface area contributed by atoms with Crippen molar-refractivity contribution in [3.8, 4) is 0 Å². The number of hydrogen-bond donors (Lipinski definition) is 3. The lowest BCUT2D eigenvalue weighted by Crippen LogP contribution is -2.62. The van der Waals surface area contributed by atoms with Crippen LogP contribution in [0.25, 0.3) is 0 Å². The number of nitrogens with two attached hydrogens (primary N) is 1. The first-order chi connectivity index (χ1) is 11.0. The molecule has 0 radical (unpaired) electrons. The van der Waals surface area contributed by atoms with Gasteiger partial charge in [0.25, 0.3) is 11.8 Å². The second-order valence-electron chi connectivity index (χ2n) is 5.58. The van der Waals surface area contributed by atoms with Gasteiger partial charge in [-0.2, -0.15) is 0 Å². The van der Waals surface area contributed by atoms with E-state index in [2.05, 4.69) is 10.4 Å². The van der Waals surface area contributed by atoms with Crippen LogP contribution in [0.2, 0.25) is 0 Å². The molecule has 0 bridgehead atoms. The minimum absolute atomic E-state index is 0.395. The van der Waals surface area contributed by atoms with E-state index in [1.54, 1.807) is 30.3 Å². The van der Waals surface area contributed by atoms with Crippen molar-refractivity contribution in [3.63, 3.8) is 0 Å². The second-order valence-corrected chi connectivity index (χ2v) is 7.35. The van der Waals surface area contributed by atoms with Crippen LogP contribution in [-0.2, 0) is 9.36 Å². The fraction of sp³-hybridized carbons (Fsp3) is 0.467. The normalized spacial score (nSPS) is 22.7. The topological polar surface area (TPSA) is 105 Å². The Hall–Kier alpha value is -1.69. The number of nitrogens with zero attached hydrogens (tertiary/aromatic N) is 1. The maximum Gasteiger partial charge on any atom is 0.265 e. The van der Waals surface area contributed by atoms with Crippen LogP contribution in [0.15, 0.2) is 30.3 Å². The molecule has 0 spiro atoms. The standard InChI is InChI=1S/C15H23N4O3P/c1-2-10-17-15(9-6-11-19(16)14(15)21)23(22)18-13(20)12-7-4-3-5-8-12/h3-5,7-8,17,23H,2,6,9-11,16H2,1H3,(H,18,20,22)/t15-/m0/s1. The zero-order valence-corrected chi connectivity index (χ0v) is 14.2. The molecule has 8 heteroatoms. The van der Waals surface area contributed by atoms with Gasteiger partial charge in [0.15, 0.2) is 13.2 Å². The Morgan fingerprint density at radius 1 is 1.39 bits per heavy atom. The highest BCUT2D eigenvalue weighted by Crippen LogP contribution is 2.41. The number of amides is 2. The van der Waals surface area contributed by atoms with Crippen LogP contribution in [0.3, 0.4) is 0 Å². The Labute approximate surface area is 136 Å². The zero-order valence-electron chi connectivity index (χ0n) is 13.2. The van der Waals surface area contributed by atoms with Crippen molar-refractivity contribution < 1.29 is 14.2 Å². The Kier molecular flexibility index (Phi) is 5.93. The van der Waals surface area contributed by atoms with Gasteiger partial charge in [-0.25, -0.2) is 5.84 Å². The summed E-state index contributed by atoms with van der Waals surface area (Å²) in [6, 6.07) is 8.51. The Morgan fingerprint density at radius 2 is 2.09 bits per heavy atom. The minimum Gasteiger partial charge on any atom is -0.303 e. The quantitative estimate of drug-likeness (QED) is 0.409. The van der Waals surface area contributed by atoms with Crippen LogP contribution in [0, 0.1) is 0 Å². The van der Waals surface area contributed by atoms with Crippen molar-refractivity contribution in [1.29, 1.82) is 0 Å². The zero-order chi connectivity index (χ0) is 16.9. The van der Waals surface area contributed by atoms with Gasteiger partial charge < -0.3 is 9.65 Å². The van der Waals surface area contributed by atoms with Crippen molar-refractivity contribution >= 4 is 19.8 Å². The maximum atomic E-state index is 12.9. The largest absolute Gasteiger partial charge is 0.303 e. The van der Waals surface area contributed by atoms with Gasteiger partial charge in [-0.1, -0.05) is 25.1 Å². The van der Waals surface area contributed by atoms with Crippen LogP contribution in [0.5, 0.6) is 0 Å². The fourth-order valence-corrected chi connectivity index (χ4v) is 4.22. The van der Waals surface area contributed by atoms with Crippen molar-refractivity contribution in [1.82, 2.24) is 15.4 Å². The molecule has 2 rings (SSSR count). The van der Waals surface area contributed by atoms with E-state index in [-0.39, 0.29) is 0 Å². The molecule has 1 aromatic rings. The summed E-state index contributed by atoms with van der Waals surface area (Å²) < 4.78 is 12.9. The molecule has 23 heavy (non-hydrogen) atoms. The molecule has 0 aliphatic carbocycles. The lowest BCUT2D eigenvalue weighted by atomic mass is 10.1. The van der Waals surface area contributed by atoms with E-state index in [0.717, 1.165) is 11.4 Å². The predicted molar refractivity (Wildman–Crippen MR) is 89.1 cm³/mol. The summed E-state index contributed by atoms with van der Waals surface area (Å²) in [6.07, 6.45) is 1.81. The molecule has 126 valence electrons. The molecular weight excluding hydrogens is 315 g/mol. The molecule has 4 N–H and O–H groups in total. The number of carbonyl (C=O) groups is 2. The number of rotatable bonds is 6. The molecule has 1 heterocycles. The average molecular weight is 338 g/mol. The summed E-state index contributed by atoms with van der Waals surface area (Å²) in [5.41, 5.74) is 0.407. The number of hydrazine groups is 1. The summed E-state index contributed by atoms with van der Waals surface area (Å²) in [5, 5.41) is 5.37. The van der Waals surface area contributed by atoms with Crippen LogP contribution in [0.4, 0.5) is 0 Å². The third kappa shape index (κ3) is 3.80. The lowest BCUT2D eigenvalue weighted by molar-refractivity contribution is -0.138. The Bertz CT molecular complexity index is 596. The summed E-state index contributed by atoms with van der Waals surface area (Å²) >= 11 is 0. The van der Waals surface area contributed by atoms with E-state index in [9.17, 15) is 14.2 Å². The monoisotopic (exact) mass is 338 g/mol. The van der Waals surface area contributed by atoms with Crippen LogP contribution in [0.1, 0.15) is 36.5 Å². The first kappa shape index (κ1) is 17.7. The maximum absolute atomic E-state index is 12.9. The molecule has 2 atom stereocenters. The van der Waals surface area contributed by atoms with Gasteiger partial charge in [0.05, 0.1) is 0 Å². The van der Waals surface area contributed by atoms with E-state index in [4.69, 9.17) is 5.84 Å². The number of benzene rings is 1. The van der Waals surface area contributed by atoms with E-state index in [1.165, 1.54) is 0 Å². The SMILES string of the molecule is CCCN[C@]1([PH](=O)NC(=O)c2ccccc2)CCCN(N)C1=O. The van der Waals surface area contributed by atoms with E-state index in [0.29, 0.717) is 31.5 Å². The first-order valence-corrected chi connectivity index (χ1v) is 9.14. The first-order valence-electron chi connectivity index (χ1n) is 7.74. The summed E-state index contributed by atoms with van der Waals surface area (Å²) in [7, 11) is -2.78. The van der Waals surface area contributed by atoms with Crippen molar-refractivity contribution in [2.24, 2.45) is 5.84 Å². The third-order valence-corrected chi connectivity index (χ3v) is 5.77. The number of hydrogen-bond acceptors (Lipinski definition) is 5. The van der Waals surface area contributed by atoms with Crippen molar-refractivity contribution in [2.45, 2.75) is 31.5 Å². The summed E-state index contributed by atoms with van der Waals surface area (Å²) in [5.74, 6) is 4.84. The molecule has 1 aromatic carbocycles. The molecule has 7 nitrogen and oxygen atoms in total. The van der Waals surface area contributed by atoms with Crippen LogP contribution in [-0.4, -0.2) is 35.2 Å². The van der Waals surface area contributed by atoms with Crippen LogP contribution < -0.4 is 16.2 Å². The van der Waals surface area contributed by atoms with E-state index < -0.39 is 25.0 Å². The Morgan fingerprint density at radius 3 is 2.74 bits per heavy atom. The highest BCUT2D eigenvalue weighted by atomic mass is 31.1. The van der Waals surface area contributed by atoms with E-state index >= 15 is 0 Å². The molecule has 2 amide bonds. The minimum atomic E-state index is -2.78. The molecule has 1 fully saturated rings. The van der Waals surface area contributed by atoms with Crippen molar-refractivity contribution in [2.75, 3.05) is 13.1 Å². The van der Waals surface area contributed by atoms with Gasteiger partial charge in [0.2, 0.25) is 0 Å². The fourth-order valence-electron chi connectivity index (χ4n) is 2.63. The molecule has 1 saturated heterocycles. The van der Waals surface area contributed by atoms with Gasteiger partial charge in [0, 0.05) is 12.1 Å². The van der Waals surface area contributed by atoms with E-state index in [1.807, 2.05) is 6.92 Å². The van der Waals surface area contributed by atoms with Gasteiger partial charge in [-0.15, -0.1) is 0 Å². The van der Waals surface area contributed by atoms with Crippen LogP contribution >= 0.6 is 7.95 Å². The molecule has 1 aliphatic heterocycles. The number of carbonyl (C=O) groups excluding carboxylic acids is 2. The van der Waals surface area contributed by atoms with Gasteiger partial charge in [0.1, 0.15) is 0 Å². The molecule has 0 aromatic heterocycles. The number of piperidine rings is 1.